The standard InChI is InChI=1S/C22H26ClN3O2/c1-2-16-5-9-20(24-13-16)14-25-22(28)18-6-10-21(27)26(15-18)12-11-17-3-7-19(23)8-4-17/h3-5,7-9,13,18H,2,6,10-12,14-15H2,1H3,(H,25,28). The van der Waals surface area contributed by atoms with Gasteiger partial charge in [-0.15, -0.1) is 0 Å². The molecule has 2 heterocycles. The molecule has 28 heavy (non-hydrogen) atoms. The summed E-state index contributed by atoms with van der Waals surface area (Å²) in [4.78, 5) is 31.0. The van der Waals surface area contributed by atoms with Gasteiger partial charge in [-0.2, -0.15) is 0 Å². The summed E-state index contributed by atoms with van der Waals surface area (Å²) in [5, 5.41) is 3.67. The zero-order chi connectivity index (χ0) is 19.9. The van der Waals surface area contributed by atoms with Gasteiger partial charge in [0.2, 0.25) is 11.8 Å². The lowest BCUT2D eigenvalue weighted by Crippen LogP contribution is -2.46. The molecule has 1 aromatic carbocycles. The van der Waals surface area contributed by atoms with E-state index in [-0.39, 0.29) is 17.7 Å². The minimum Gasteiger partial charge on any atom is -0.350 e. The van der Waals surface area contributed by atoms with Gasteiger partial charge in [0.25, 0.3) is 0 Å². The van der Waals surface area contributed by atoms with E-state index in [2.05, 4.69) is 17.2 Å². The van der Waals surface area contributed by atoms with Crippen molar-refractivity contribution in [2.24, 2.45) is 5.92 Å². The van der Waals surface area contributed by atoms with E-state index in [1.54, 1.807) is 4.90 Å². The van der Waals surface area contributed by atoms with Crippen LogP contribution in [-0.2, 0) is 29.0 Å². The Morgan fingerprint density at radius 3 is 2.64 bits per heavy atom. The molecule has 1 unspecified atom stereocenters. The van der Waals surface area contributed by atoms with Crippen LogP contribution in [0.4, 0.5) is 0 Å². The predicted octanol–water partition coefficient (Wildman–Crippen LogP) is 3.39. The van der Waals surface area contributed by atoms with Gasteiger partial charge in [0.05, 0.1) is 18.2 Å². The Labute approximate surface area is 171 Å². The molecule has 0 spiro atoms. The number of carbonyl (C=O) groups excluding carboxylic acids is 2. The number of piperidine rings is 1. The smallest absolute Gasteiger partial charge is 0.225 e. The SMILES string of the molecule is CCc1ccc(CNC(=O)C2CCC(=O)N(CCc3ccc(Cl)cc3)C2)nc1. The molecule has 1 aliphatic heterocycles. The second-order valence-electron chi connectivity index (χ2n) is 7.18. The largest absolute Gasteiger partial charge is 0.350 e. The molecule has 2 amide bonds. The monoisotopic (exact) mass is 399 g/mol. The number of hydrogen-bond acceptors (Lipinski definition) is 3. The molecule has 1 aromatic heterocycles. The van der Waals surface area contributed by atoms with Crippen LogP contribution in [0.3, 0.4) is 0 Å². The number of aryl methyl sites for hydroxylation is 1. The Balaban J connectivity index is 1.50. The van der Waals surface area contributed by atoms with Crippen LogP contribution in [0.2, 0.25) is 5.02 Å². The first-order chi connectivity index (χ1) is 13.5. The fraction of sp³-hybridized carbons (Fsp3) is 0.409. The number of hydrogen-bond donors (Lipinski definition) is 1. The molecule has 2 aromatic rings. The number of amides is 2. The minimum atomic E-state index is -0.169. The molecular weight excluding hydrogens is 374 g/mol. The summed E-state index contributed by atoms with van der Waals surface area (Å²) in [7, 11) is 0. The summed E-state index contributed by atoms with van der Waals surface area (Å²) in [6.45, 7) is 3.59. The molecule has 148 valence electrons. The Kier molecular flexibility index (Phi) is 7.04. The lowest BCUT2D eigenvalue weighted by molar-refractivity contribution is -0.138. The minimum absolute atomic E-state index is 0.00893. The van der Waals surface area contributed by atoms with Gasteiger partial charge < -0.3 is 10.2 Å². The van der Waals surface area contributed by atoms with Gasteiger partial charge in [-0.25, -0.2) is 0 Å². The molecule has 1 saturated heterocycles. The molecule has 6 heteroatoms. The maximum absolute atomic E-state index is 12.6. The third-order valence-electron chi connectivity index (χ3n) is 5.19. The number of halogens is 1. The Morgan fingerprint density at radius 1 is 1.21 bits per heavy atom. The van der Waals surface area contributed by atoms with E-state index in [4.69, 9.17) is 11.6 Å². The molecule has 1 atom stereocenters. The van der Waals surface area contributed by atoms with Crippen molar-refractivity contribution in [3.05, 3.63) is 64.4 Å². The maximum Gasteiger partial charge on any atom is 0.225 e. The van der Waals surface area contributed by atoms with E-state index >= 15 is 0 Å². The fourth-order valence-electron chi connectivity index (χ4n) is 3.35. The summed E-state index contributed by atoms with van der Waals surface area (Å²) < 4.78 is 0. The van der Waals surface area contributed by atoms with E-state index in [0.29, 0.717) is 37.5 Å². The highest BCUT2D eigenvalue weighted by atomic mass is 35.5. The zero-order valence-corrected chi connectivity index (χ0v) is 16.9. The molecule has 0 aliphatic carbocycles. The number of rotatable bonds is 7. The Hall–Kier alpha value is -2.40. The van der Waals surface area contributed by atoms with Crippen molar-refractivity contribution in [3.63, 3.8) is 0 Å². The van der Waals surface area contributed by atoms with Crippen molar-refractivity contribution < 1.29 is 9.59 Å². The van der Waals surface area contributed by atoms with Crippen molar-refractivity contribution in [2.45, 2.75) is 39.2 Å². The van der Waals surface area contributed by atoms with Gasteiger partial charge in [-0.05, 0) is 48.6 Å². The van der Waals surface area contributed by atoms with Crippen LogP contribution in [-0.4, -0.2) is 34.8 Å². The number of likely N-dealkylation sites (tertiary alicyclic amines) is 1. The summed E-state index contributed by atoms with van der Waals surface area (Å²) in [5.41, 5.74) is 3.15. The van der Waals surface area contributed by atoms with Crippen LogP contribution in [0.5, 0.6) is 0 Å². The number of nitrogens with zero attached hydrogens (tertiary/aromatic N) is 2. The van der Waals surface area contributed by atoms with Crippen molar-refractivity contribution in [1.29, 1.82) is 0 Å². The first-order valence-electron chi connectivity index (χ1n) is 9.79. The van der Waals surface area contributed by atoms with Gasteiger partial charge in [-0.3, -0.25) is 14.6 Å². The second-order valence-corrected chi connectivity index (χ2v) is 7.62. The third-order valence-corrected chi connectivity index (χ3v) is 5.44. The lowest BCUT2D eigenvalue weighted by atomic mass is 9.96. The molecule has 0 saturated carbocycles. The van der Waals surface area contributed by atoms with Crippen LogP contribution in [0.15, 0.2) is 42.6 Å². The third kappa shape index (κ3) is 5.55. The van der Waals surface area contributed by atoms with Crippen LogP contribution < -0.4 is 5.32 Å². The predicted molar refractivity (Wildman–Crippen MR) is 110 cm³/mol. The van der Waals surface area contributed by atoms with Gasteiger partial charge in [-0.1, -0.05) is 36.7 Å². The number of benzene rings is 1. The lowest BCUT2D eigenvalue weighted by Gasteiger charge is -2.32. The average Bonchev–Trinajstić information content (AvgIpc) is 2.73. The number of aromatic nitrogens is 1. The summed E-state index contributed by atoms with van der Waals surface area (Å²) >= 11 is 5.91. The van der Waals surface area contributed by atoms with Gasteiger partial charge in [0.1, 0.15) is 0 Å². The second kappa shape index (κ2) is 9.69. The van der Waals surface area contributed by atoms with Crippen molar-refractivity contribution in [1.82, 2.24) is 15.2 Å². The summed E-state index contributed by atoms with van der Waals surface area (Å²) in [5.74, 6) is -0.0574. The highest BCUT2D eigenvalue weighted by Gasteiger charge is 2.29. The molecular formula is C22H26ClN3O2. The van der Waals surface area contributed by atoms with E-state index in [9.17, 15) is 9.59 Å². The van der Waals surface area contributed by atoms with Crippen LogP contribution in [0, 0.1) is 5.92 Å². The topological polar surface area (TPSA) is 62.3 Å². The zero-order valence-electron chi connectivity index (χ0n) is 16.2. The van der Waals surface area contributed by atoms with Gasteiger partial charge >= 0.3 is 0 Å². The first kappa shape index (κ1) is 20.3. The maximum atomic E-state index is 12.6. The highest BCUT2D eigenvalue weighted by molar-refractivity contribution is 6.30. The van der Waals surface area contributed by atoms with Gasteiger partial charge in [0, 0.05) is 30.7 Å². The van der Waals surface area contributed by atoms with E-state index in [1.165, 1.54) is 5.56 Å². The van der Waals surface area contributed by atoms with E-state index in [0.717, 1.165) is 24.1 Å². The molecule has 0 bridgehead atoms. The van der Waals surface area contributed by atoms with Crippen LogP contribution >= 0.6 is 11.6 Å². The Morgan fingerprint density at radius 2 is 1.96 bits per heavy atom. The molecule has 0 radical (unpaired) electrons. The summed E-state index contributed by atoms with van der Waals surface area (Å²) in [6, 6.07) is 11.6. The van der Waals surface area contributed by atoms with Crippen molar-refractivity contribution in [2.75, 3.05) is 13.1 Å². The molecule has 5 nitrogen and oxygen atoms in total. The number of pyridine rings is 1. The van der Waals surface area contributed by atoms with Gasteiger partial charge in [0.15, 0.2) is 0 Å². The fourth-order valence-corrected chi connectivity index (χ4v) is 3.48. The van der Waals surface area contributed by atoms with Crippen LogP contribution in [0.1, 0.15) is 36.6 Å². The van der Waals surface area contributed by atoms with Crippen molar-refractivity contribution >= 4 is 23.4 Å². The van der Waals surface area contributed by atoms with E-state index < -0.39 is 0 Å². The molecule has 1 aliphatic rings. The summed E-state index contributed by atoms with van der Waals surface area (Å²) in [6.07, 6.45) is 4.57. The highest BCUT2D eigenvalue weighted by Crippen LogP contribution is 2.19. The average molecular weight is 400 g/mol. The molecule has 3 rings (SSSR count). The quantitative estimate of drug-likeness (QED) is 0.776. The number of carbonyl (C=O) groups is 2. The van der Waals surface area contributed by atoms with Crippen LogP contribution in [0.25, 0.3) is 0 Å². The molecule has 1 N–H and O–H groups in total. The number of nitrogens with one attached hydrogen (secondary N) is 1. The Bertz CT molecular complexity index is 806. The molecule has 1 fully saturated rings. The van der Waals surface area contributed by atoms with Crippen molar-refractivity contribution in [3.8, 4) is 0 Å². The normalized spacial score (nSPS) is 16.9. The van der Waals surface area contributed by atoms with E-state index in [1.807, 2.05) is 42.6 Å². The first-order valence-corrected chi connectivity index (χ1v) is 10.2.